The molecule has 4 heteroatoms. The number of likely N-dealkylation sites (N-methyl/N-ethyl adjacent to an activating group) is 1. The molecule has 1 fully saturated rings. The third-order valence-electron chi connectivity index (χ3n) is 4.54. The minimum atomic E-state index is 0.465. The molecule has 2 unspecified atom stereocenters. The minimum Gasteiger partial charge on any atom is -0.378 e. The minimum absolute atomic E-state index is 0.465. The van der Waals surface area contributed by atoms with E-state index < -0.39 is 0 Å². The van der Waals surface area contributed by atoms with Gasteiger partial charge >= 0.3 is 0 Å². The van der Waals surface area contributed by atoms with Crippen LogP contribution in [-0.4, -0.2) is 35.6 Å². The van der Waals surface area contributed by atoms with Crippen molar-refractivity contribution in [3.8, 4) is 0 Å². The third-order valence-corrected chi connectivity index (χ3v) is 4.54. The zero-order chi connectivity index (χ0) is 14.7. The monoisotopic (exact) mass is 287 g/mol. The molecule has 0 spiro atoms. The number of fused-ring (bicyclic) bond motifs is 1. The van der Waals surface area contributed by atoms with Gasteiger partial charge in [0.2, 0.25) is 0 Å². The Morgan fingerprint density at radius 2 is 2.29 bits per heavy atom. The summed E-state index contributed by atoms with van der Waals surface area (Å²) in [7, 11) is 4.07. The smallest absolute Gasteiger partial charge is 0.0718 e. The lowest BCUT2D eigenvalue weighted by atomic mass is 10.0. The summed E-state index contributed by atoms with van der Waals surface area (Å²) in [6, 6.07) is 8.93. The van der Waals surface area contributed by atoms with Crippen molar-refractivity contribution in [2.75, 3.05) is 13.7 Å². The van der Waals surface area contributed by atoms with Crippen molar-refractivity contribution in [3.63, 3.8) is 0 Å². The predicted octanol–water partition coefficient (Wildman–Crippen LogP) is 2.66. The van der Waals surface area contributed by atoms with Crippen LogP contribution in [0.4, 0.5) is 0 Å². The number of hydrogen-bond acceptors (Lipinski definition) is 3. The molecule has 114 valence electrons. The summed E-state index contributed by atoms with van der Waals surface area (Å²) >= 11 is 0. The number of aryl methyl sites for hydroxylation is 1. The lowest BCUT2D eigenvalue weighted by Crippen LogP contribution is -2.29. The van der Waals surface area contributed by atoms with Gasteiger partial charge in [0, 0.05) is 31.5 Å². The molecule has 21 heavy (non-hydrogen) atoms. The van der Waals surface area contributed by atoms with Crippen LogP contribution < -0.4 is 5.32 Å². The molecule has 0 bridgehead atoms. The van der Waals surface area contributed by atoms with Gasteiger partial charge in [-0.15, -0.1) is 0 Å². The molecule has 0 amide bonds. The van der Waals surface area contributed by atoms with Crippen molar-refractivity contribution in [1.82, 2.24) is 15.1 Å². The van der Waals surface area contributed by atoms with Gasteiger partial charge in [-0.05, 0) is 38.8 Å². The predicted molar refractivity (Wildman–Crippen MR) is 85.5 cm³/mol. The molecule has 1 aliphatic rings. The molecule has 1 N–H and O–H groups in total. The largest absolute Gasteiger partial charge is 0.378 e. The fourth-order valence-corrected chi connectivity index (χ4v) is 3.28. The number of rotatable bonds is 6. The maximum atomic E-state index is 5.72. The van der Waals surface area contributed by atoms with E-state index in [2.05, 4.69) is 29.6 Å². The number of para-hydroxylation sites is 1. The quantitative estimate of drug-likeness (QED) is 0.888. The number of benzene rings is 1. The highest BCUT2D eigenvalue weighted by Crippen LogP contribution is 2.22. The Morgan fingerprint density at radius 1 is 1.43 bits per heavy atom. The molecule has 1 saturated heterocycles. The highest BCUT2D eigenvalue weighted by atomic mass is 16.5. The Bertz CT molecular complexity index is 587. The van der Waals surface area contributed by atoms with Crippen molar-refractivity contribution in [1.29, 1.82) is 0 Å². The summed E-state index contributed by atoms with van der Waals surface area (Å²) in [5, 5.41) is 9.42. The van der Waals surface area contributed by atoms with Gasteiger partial charge in [0.25, 0.3) is 0 Å². The molecule has 0 saturated carbocycles. The van der Waals surface area contributed by atoms with Crippen molar-refractivity contribution >= 4 is 10.9 Å². The maximum absolute atomic E-state index is 5.72. The van der Waals surface area contributed by atoms with Crippen LogP contribution in [0.1, 0.15) is 31.4 Å². The molecule has 0 aliphatic carbocycles. The van der Waals surface area contributed by atoms with Gasteiger partial charge in [0.15, 0.2) is 0 Å². The second-order valence-corrected chi connectivity index (χ2v) is 5.99. The van der Waals surface area contributed by atoms with Crippen LogP contribution >= 0.6 is 0 Å². The second-order valence-electron chi connectivity index (χ2n) is 5.99. The summed E-state index contributed by atoms with van der Waals surface area (Å²) in [6.07, 6.45) is 6.19. The Kier molecular flexibility index (Phi) is 4.56. The van der Waals surface area contributed by atoms with Gasteiger partial charge in [-0.3, -0.25) is 4.68 Å². The van der Waals surface area contributed by atoms with Gasteiger partial charge in [0.1, 0.15) is 0 Å². The Labute approximate surface area is 126 Å². The van der Waals surface area contributed by atoms with E-state index in [9.17, 15) is 0 Å². The van der Waals surface area contributed by atoms with E-state index in [4.69, 9.17) is 9.84 Å². The first-order valence-corrected chi connectivity index (χ1v) is 7.97. The fourth-order valence-electron chi connectivity index (χ4n) is 3.28. The first-order valence-electron chi connectivity index (χ1n) is 7.97. The first-order chi connectivity index (χ1) is 10.3. The first kappa shape index (κ1) is 14.5. The van der Waals surface area contributed by atoms with Crippen LogP contribution in [0.25, 0.3) is 10.9 Å². The highest BCUT2D eigenvalue weighted by Gasteiger charge is 2.19. The molecule has 1 aromatic heterocycles. The Hall–Kier alpha value is -1.39. The van der Waals surface area contributed by atoms with Crippen LogP contribution in [0.15, 0.2) is 24.3 Å². The van der Waals surface area contributed by atoms with Crippen LogP contribution in [0.3, 0.4) is 0 Å². The van der Waals surface area contributed by atoms with Crippen molar-refractivity contribution in [2.24, 2.45) is 7.05 Å². The summed E-state index contributed by atoms with van der Waals surface area (Å²) in [5.74, 6) is 0. The average molecular weight is 287 g/mol. The van der Waals surface area contributed by atoms with Gasteiger partial charge in [-0.1, -0.05) is 18.2 Å². The van der Waals surface area contributed by atoms with Crippen molar-refractivity contribution < 1.29 is 4.74 Å². The zero-order valence-electron chi connectivity index (χ0n) is 13.0. The van der Waals surface area contributed by atoms with Gasteiger partial charge in [-0.2, -0.15) is 5.10 Å². The molecule has 1 aliphatic heterocycles. The van der Waals surface area contributed by atoms with Crippen LogP contribution in [-0.2, 0) is 18.2 Å². The standard InChI is InChI=1S/C17H25N3O/c1-18-13(9-10-14-6-5-11-21-14)12-16-15-7-3-4-8-17(15)20(2)19-16/h3-4,7-8,13-14,18H,5-6,9-12H2,1-2H3. The molecule has 2 atom stereocenters. The summed E-state index contributed by atoms with van der Waals surface area (Å²) in [4.78, 5) is 0. The lowest BCUT2D eigenvalue weighted by molar-refractivity contribution is 0.0998. The number of ether oxygens (including phenoxy) is 1. The number of aromatic nitrogens is 2. The fraction of sp³-hybridized carbons (Fsp3) is 0.588. The molecular formula is C17H25N3O. The van der Waals surface area contributed by atoms with Crippen LogP contribution in [0.5, 0.6) is 0 Å². The third kappa shape index (κ3) is 3.27. The Morgan fingerprint density at radius 3 is 3.05 bits per heavy atom. The van der Waals surface area contributed by atoms with Gasteiger partial charge in [-0.25, -0.2) is 0 Å². The number of hydrogen-bond donors (Lipinski definition) is 1. The lowest BCUT2D eigenvalue weighted by Gasteiger charge is -2.17. The number of nitrogens with zero attached hydrogens (tertiary/aromatic N) is 2. The maximum Gasteiger partial charge on any atom is 0.0718 e. The highest BCUT2D eigenvalue weighted by molar-refractivity contribution is 5.81. The van der Waals surface area contributed by atoms with E-state index in [-0.39, 0.29) is 0 Å². The van der Waals surface area contributed by atoms with Crippen molar-refractivity contribution in [2.45, 2.75) is 44.2 Å². The van der Waals surface area contributed by atoms with Crippen LogP contribution in [0.2, 0.25) is 0 Å². The molecule has 2 aromatic rings. The van der Waals surface area contributed by atoms with Crippen LogP contribution in [0, 0.1) is 0 Å². The normalized spacial score (nSPS) is 20.2. The van der Waals surface area contributed by atoms with E-state index in [0.717, 1.165) is 25.9 Å². The molecule has 4 nitrogen and oxygen atoms in total. The summed E-state index contributed by atoms with van der Waals surface area (Å²) in [6.45, 7) is 0.944. The topological polar surface area (TPSA) is 39.1 Å². The van der Waals surface area contributed by atoms with E-state index in [1.807, 2.05) is 18.8 Å². The van der Waals surface area contributed by atoms with E-state index >= 15 is 0 Å². The summed E-state index contributed by atoms with van der Waals surface area (Å²) in [5.41, 5.74) is 2.40. The number of nitrogens with one attached hydrogen (secondary N) is 1. The van der Waals surface area contributed by atoms with Gasteiger partial charge in [0.05, 0.1) is 17.3 Å². The van der Waals surface area contributed by atoms with Gasteiger partial charge < -0.3 is 10.1 Å². The zero-order valence-corrected chi connectivity index (χ0v) is 13.0. The van der Waals surface area contributed by atoms with Crippen molar-refractivity contribution in [3.05, 3.63) is 30.0 Å². The molecule has 3 rings (SSSR count). The SMILES string of the molecule is CNC(CCC1CCCO1)Cc1nn(C)c2ccccc12. The molecule has 1 aromatic carbocycles. The van der Waals surface area contributed by atoms with E-state index in [1.165, 1.54) is 29.4 Å². The summed E-state index contributed by atoms with van der Waals surface area (Å²) < 4.78 is 7.71. The van der Waals surface area contributed by atoms with E-state index in [0.29, 0.717) is 12.1 Å². The van der Waals surface area contributed by atoms with E-state index in [1.54, 1.807) is 0 Å². The second kappa shape index (κ2) is 6.58. The molecular weight excluding hydrogens is 262 g/mol. The Balaban J connectivity index is 1.67. The molecule has 2 heterocycles. The molecule has 0 radical (unpaired) electrons. The average Bonchev–Trinajstić information content (AvgIpc) is 3.13.